The molecule has 118 valence electrons. The Labute approximate surface area is 130 Å². The van der Waals surface area contributed by atoms with Gasteiger partial charge in [-0.2, -0.15) is 16.7 Å². The summed E-state index contributed by atoms with van der Waals surface area (Å²) >= 11 is 1.78. The van der Waals surface area contributed by atoms with Gasteiger partial charge in [-0.15, -0.1) is 0 Å². The molecule has 2 rings (SSSR count). The van der Waals surface area contributed by atoms with Crippen molar-refractivity contribution in [2.45, 2.75) is 51.2 Å². The van der Waals surface area contributed by atoms with Crippen LogP contribution >= 0.6 is 11.8 Å². The van der Waals surface area contributed by atoms with Gasteiger partial charge in [-0.25, -0.2) is 0 Å². The number of ether oxygens (including phenoxy) is 1. The molecular weight excluding hydrogens is 288 g/mol. The Hall–Kier alpha value is -1.04. The van der Waals surface area contributed by atoms with Gasteiger partial charge in [0.1, 0.15) is 5.92 Å². The lowest BCUT2D eigenvalue weighted by molar-refractivity contribution is -0.144. The zero-order chi connectivity index (χ0) is 15.2. The molecule has 6 heteroatoms. The van der Waals surface area contributed by atoms with Crippen LogP contribution in [-0.4, -0.2) is 29.0 Å². The van der Waals surface area contributed by atoms with Gasteiger partial charge in [0.2, 0.25) is 5.89 Å². The summed E-state index contributed by atoms with van der Waals surface area (Å²) in [5.74, 6) is 3.14. The summed E-state index contributed by atoms with van der Waals surface area (Å²) in [6, 6.07) is 0. The molecule has 1 saturated carbocycles. The van der Waals surface area contributed by atoms with E-state index < -0.39 is 5.92 Å². The predicted molar refractivity (Wildman–Crippen MR) is 82.0 cm³/mol. The van der Waals surface area contributed by atoms with Crippen LogP contribution in [0.15, 0.2) is 4.52 Å². The predicted octanol–water partition coefficient (Wildman–Crippen LogP) is 3.41. The van der Waals surface area contributed by atoms with Gasteiger partial charge in [-0.3, -0.25) is 4.79 Å². The first-order valence-corrected chi connectivity index (χ1v) is 8.75. The second-order valence-electron chi connectivity index (χ2n) is 6.00. The highest BCUT2D eigenvalue weighted by molar-refractivity contribution is 7.98. The summed E-state index contributed by atoms with van der Waals surface area (Å²) in [6.07, 6.45) is 4.37. The first-order valence-electron chi connectivity index (χ1n) is 7.60. The van der Waals surface area contributed by atoms with Crippen molar-refractivity contribution in [2.75, 3.05) is 12.9 Å². The Balaban J connectivity index is 2.03. The van der Waals surface area contributed by atoms with Crippen LogP contribution in [0, 0.1) is 11.8 Å². The van der Waals surface area contributed by atoms with Gasteiger partial charge in [0.05, 0.1) is 12.9 Å². The van der Waals surface area contributed by atoms with E-state index in [1.165, 1.54) is 7.11 Å². The highest BCUT2D eigenvalue weighted by atomic mass is 32.2. The van der Waals surface area contributed by atoms with Crippen LogP contribution in [0.4, 0.5) is 0 Å². The molecular formula is C15H24N2O3S. The second kappa shape index (κ2) is 7.82. The van der Waals surface area contributed by atoms with Crippen LogP contribution in [0.2, 0.25) is 0 Å². The Bertz CT molecular complexity index is 456. The minimum atomic E-state index is -0.395. The van der Waals surface area contributed by atoms with Crippen LogP contribution in [-0.2, 0) is 15.3 Å². The van der Waals surface area contributed by atoms with Crippen molar-refractivity contribution in [3.8, 4) is 0 Å². The number of carbonyl (C=O) groups excluding carboxylic acids is 1. The Morgan fingerprint density at radius 1 is 1.43 bits per heavy atom. The zero-order valence-corrected chi connectivity index (χ0v) is 13.8. The molecule has 1 aromatic rings. The van der Waals surface area contributed by atoms with E-state index >= 15 is 0 Å². The number of aromatic nitrogens is 2. The topological polar surface area (TPSA) is 65.2 Å². The molecule has 0 aliphatic heterocycles. The van der Waals surface area contributed by atoms with E-state index in [1.807, 2.05) is 0 Å². The third-order valence-electron chi connectivity index (χ3n) is 3.76. The molecule has 0 amide bonds. The van der Waals surface area contributed by atoms with Gasteiger partial charge in [0, 0.05) is 0 Å². The molecule has 0 N–H and O–H groups in total. The van der Waals surface area contributed by atoms with Crippen molar-refractivity contribution in [2.24, 2.45) is 11.8 Å². The molecule has 1 heterocycles. The van der Waals surface area contributed by atoms with E-state index in [0.29, 0.717) is 17.6 Å². The Kier molecular flexibility index (Phi) is 6.08. The molecule has 1 atom stereocenters. The van der Waals surface area contributed by atoms with E-state index in [1.54, 1.807) is 11.8 Å². The first-order chi connectivity index (χ1) is 10.1. The molecule has 1 unspecified atom stereocenters. The minimum Gasteiger partial charge on any atom is -0.468 e. The van der Waals surface area contributed by atoms with Crippen LogP contribution in [0.25, 0.3) is 0 Å². The van der Waals surface area contributed by atoms with E-state index in [9.17, 15) is 4.79 Å². The zero-order valence-electron chi connectivity index (χ0n) is 13.0. The summed E-state index contributed by atoms with van der Waals surface area (Å²) < 4.78 is 10.3. The number of thioether (sulfide) groups is 1. The van der Waals surface area contributed by atoms with Crippen LogP contribution in [0.5, 0.6) is 0 Å². The maximum Gasteiger partial charge on any atom is 0.318 e. The maximum absolute atomic E-state index is 12.1. The Morgan fingerprint density at radius 3 is 2.76 bits per heavy atom. The van der Waals surface area contributed by atoms with E-state index in [0.717, 1.165) is 37.2 Å². The van der Waals surface area contributed by atoms with Crippen molar-refractivity contribution in [3.05, 3.63) is 11.7 Å². The molecule has 0 saturated heterocycles. The summed E-state index contributed by atoms with van der Waals surface area (Å²) in [6.45, 7) is 4.37. The quantitative estimate of drug-likeness (QED) is 0.719. The number of methoxy groups -OCH3 is 1. The number of rotatable bonds is 7. The molecule has 1 aromatic heterocycles. The van der Waals surface area contributed by atoms with Gasteiger partial charge in [-0.1, -0.05) is 31.8 Å². The van der Waals surface area contributed by atoms with Crippen LogP contribution < -0.4 is 0 Å². The second-order valence-corrected chi connectivity index (χ2v) is 7.03. The highest BCUT2D eigenvalue weighted by Crippen LogP contribution is 2.37. The van der Waals surface area contributed by atoms with E-state index in [2.05, 4.69) is 24.0 Å². The minimum absolute atomic E-state index is 0.257. The van der Waals surface area contributed by atoms with Crippen molar-refractivity contribution >= 4 is 17.7 Å². The van der Waals surface area contributed by atoms with Crippen LogP contribution in [0.3, 0.4) is 0 Å². The third kappa shape index (κ3) is 4.46. The van der Waals surface area contributed by atoms with Crippen molar-refractivity contribution in [3.63, 3.8) is 0 Å². The molecule has 0 radical (unpaired) electrons. The summed E-state index contributed by atoms with van der Waals surface area (Å²) in [7, 11) is 1.42. The van der Waals surface area contributed by atoms with E-state index in [4.69, 9.17) is 9.26 Å². The molecule has 1 fully saturated rings. The smallest absolute Gasteiger partial charge is 0.318 e. The number of carbonyl (C=O) groups is 1. The van der Waals surface area contributed by atoms with Crippen LogP contribution in [0.1, 0.15) is 57.2 Å². The SMILES string of the molecule is COC(=O)C(c1nc(CSCC(C)C)no1)C1CCCC1. The van der Waals surface area contributed by atoms with Crippen molar-refractivity contribution in [1.29, 1.82) is 0 Å². The van der Waals surface area contributed by atoms with Gasteiger partial charge in [-0.05, 0) is 30.4 Å². The largest absolute Gasteiger partial charge is 0.468 e. The van der Waals surface area contributed by atoms with Gasteiger partial charge < -0.3 is 9.26 Å². The number of nitrogens with zero attached hydrogens (tertiary/aromatic N) is 2. The number of hydrogen-bond donors (Lipinski definition) is 0. The standard InChI is InChI=1S/C15H24N2O3S/c1-10(2)8-21-9-12-16-14(20-17-12)13(15(18)19-3)11-6-4-5-7-11/h10-11,13H,4-9H2,1-3H3. The third-order valence-corrected chi connectivity index (χ3v) is 5.12. The lowest BCUT2D eigenvalue weighted by Crippen LogP contribution is -2.21. The summed E-state index contributed by atoms with van der Waals surface area (Å²) in [5, 5.41) is 4.01. The van der Waals surface area contributed by atoms with Crippen molar-refractivity contribution < 1.29 is 14.1 Å². The number of esters is 1. The fraction of sp³-hybridized carbons (Fsp3) is 0.800. The number of hydrogen-bond acceptors (Lipinski definition) is 6. The normalized spacial score (nSPS) is 17.3. The lowest BCUT2D eigenvalue weighted by atomic mass is 9.91. The molecule has 0 bridgehead atoms. The molecule has 0 aromatic carbocycles. The lowest BCUT2D eigenvalue weighted by Gasteiger charge is -2.16. The average Bonchev–Trinajstić information content (AvgIpc) is 3.11. The van der Waals surface area contributed by atoms with Gasteiger partial charge in [0.15, 0.2) is 5.82 Å². The summed E-state index contributed by atoms with van der Waals surface area (Å²) in [5.41, 5.74) is 0. The van der Waals surface area contributed by atoms with Gasteiger partial charge >= 0.3 is 5.97 Å². The summed E-state index contributed by atoms with van der Waals surface area (Å²) in [4.78, 5) is 16.5. The fourth-order valence-corrected chi connectivity index (χ4v) is 3.64. The fourth-order valence-electron chi connectivity index (χ4n) is 2.75. The molecule has 5 nitrogen and oxygen atoms in total. The molecule has 1 aliphatic carbocycles. The molecule has 21 heavy (non-hydrogen) atoms. The molecule has 0 spiro atoms. The first kappa shape index (κ1) is 16.3. The van der Waals surface area contributed by atoms with E-state index in [-0.39, 0.29) is 11.9 Å². The van der Waals surface area contributed by atoms with Crippen molar-refractivity contribution in [1.82, 2.24) is 10.1 Å². The Morgan fingerprint density at radius 2 is 2.14 bits per heavy atom. The van der Waals surface area contributed by atoms with Gasteiger partial charge in [0.25, 0.3) is 0 Å². The molecule has 1 aliphatic rings. The maximum atomic E-state index is 12.1. The highest BCUT2D eigenvalue weighted by Gasteiger charge is 2.37. The monoisotopic (exact) mass is 312 g/mol. The average molecular weight is 312 g/mol.